The number of aromatic nitrogens is 2. The molecule has 0 amide bonds. The molecule has 3 aromatic rings. The van der Waals surface area contributed by atoms with Crippen LogP contribution < -0.4 is 4.74 Å². The van der Waals surface area contributed by atoms with E-state index in [2.05, 4.69) is 10.2 Å². The van der Waals surface area contributed by atoms with Crippen molar-refractivity contribution < 1.29 is 9.84 Å². The van der Waals surface area contributed by atoms with Crippen LogP contribution in [-0.4, -0.2) is 15.3 Å². The quantitative estimate of drug-likeness (QED) is 0.649. The summed E-state index contributed by atoms with van der Waals surface area (Å²) in [5.74, 6) is 0.995. The van der Waals surface area contributed by atoms with Crippen molar-refractivity contribution in [2.24, 2.45) is 0 Å². The summed E-state index contributed by atoms with van der Waals surface area (Å²) in [6, 6.07) is 8.75. The Kier molecular flexibility index (Phi) is 4.92. The monoisotopic (exact) mass is 368 g/mol. The highest BCUT2D eigenvalue weighted by Crippen LogP contribution is 2.34. The van der Waals surface area contributed by atoms with E-state index in [-0.39, 0.29) is 0 Å². The number of halogens is 2. The van der Waals surface area contributed by atoms with E-state index in [0.717, 1.165) is 10.4 Å². The summed E-state index contributed by atoms with van der Waals surface area (Å²) < 4.78 is 5.82. The van der Waals surface area contributed by atoms with Crippen molar-refractivity contribution >= 4 is 34.5 Å². The summed E-state index contributed by atoms with van der Waals surface area (Å²) in [7, 11) is 0. The highest BCUT2D eigenvalue weighted by atomic mass is 35.5. The van der Waals surface area contributed by atoms with Gasteiger partial charge in [0.2, 0.25) is 5.88 Å². The number of rotatable bonds is 5. The number of hydrogen-bond acceptors (Lipinski definition) is 4. The van der Waals surface area contributed by atoms with E-state index in [4.69, 9.17) is 27.9 Å². The van der Waals surface area contributed by atoms with Gasteiger partial charge < -0.3 is 9.84 Å². The first kappa shape index (κ1) is 16.3. The lowest BCUT2D eigenvalue weighted by Gasteiger charge is -2.09. The molecule has 120 valence electrons. The van der Waals surface area contributed by atoms with Crippen molar-refractivity contribution in [1.29, 1.82) is 0 Å². The van der Waals surface area contributed by atoms with Gasteiger partial charge in [0.05, 0.1) is 0 Å². The van der Waals surface area contributed by atoms with Crippen LogP contribution in [0.15, 0.2) is 35.7 Å². The van der Waals surface area contributed by atoms with Crippen molar-refractivity contribution in [3.63, 3.8) is 0 Å². The van der Waals surface area contributed by atoms with E-state index in [1.807, 2.05) is 24.4 Å². The smallest absolute Gasteiger partial charge is 0.218 e. The van der Waals surface area contributed by atoms with Gasteiger partial charge in [-0.1, -0.05) is 36.2 Å². The van der Waals surface area contributed by atoms with Gasteiger partial charge >= 0.3 is 0 Å². The maximum Gasteiger partial charge on any atom is 0.218 e. The Labute approximate surface area is 147 Å². The number of ether oxygens (including phenoxy) is 1. The van der Waals surface area contributed by atoms with Gasteiger partial charge in [0, 0.05) is 20.5 Å². The molecule has 0 spiro atoms. The lowest BCUT2D eigenvalue weighted by molar-refractivity contribution is 0.218. The molecule has 1 atom stereocenters. The molecule has 0 radical (unpaired) electrons. The van der Waals surface area contributed by atoms with Crippen molar-refractivity contribution in [2.45, 2.75) is 19.4 Å². The summed E-state index contributed by atoms with van der Waals surface area (Å²) in [4.78, 5) is 0.837. The van der Waals surface area contributed by atoms with Crippen molar-refractivity contribution in [1.82, 2.24) is 10.2 Å². The number of hydrogen-bond donors (Lipinski definition) is 2. The van der Waals surface area contributed by atoms with Gasteiger partial charge in [0.15, 0.2) is 0 Å². The summed E-state index contributed by atoms with van der Waals surface area (Å²) in [6.07, 6.45) is -0.112. The topological polar surface area (TPSA) is 58.1 Å². The first-order valence-corrected chi connectivity index (χ1v) is 8.64. The number of benzene rings is 1. The number of aliphatic hydroxyl groups excluding tert-OH is 1. The molecule has 1 unspecified atom stereocenters. The van der Waals surface area contributed by atoms with Gasteiger partial charge in [0.25, 0.3) is 0 Å². The molecule has 4 nitrogen and oxygen atoms in total. The highest BCUT2D eigenvalue weighted by Gasteiger charge is 2.22. The van der Waals surface area contributed by atoms with Crippen LogP contribution in [-0.2, 0) is 6.42 Å². The third kappa shape index (κ3) is 3.53. The fraction of sp³-hybridized carbons (Fsp3) is 0.188. The molecule has 2 heterocycles. The SMILES string of the molecule is CCc1c(C(O)c2cccs2)n[nH]c1Oc1cc(Cl)cc(Cl)c1. The Bertz CT molecular complexity index is 782. The van der Waals surface area contributed by atoms with Crippen LogP contribution in [0.25, 0.3) is 0 Å². The second kappa shape index (κ2) is 6.93. The average Bonchev–Trinajstić information content (AvgIpc) is 3.14. The number of nitrogens with zero attached hydrogens (tertiary/aromatic N) is 1. The van der Waals surface area contributed by atoms with Crippen LogP contribution in [0.4, 0.5) is 0 Å². The van der Waals surface area contributed by atoms with Gasteiger partial charge in [-0.05, 0) is 36.1 Å². The van der Waals surface area contributed by atoms with Crippen LogP contribution in [0.3, 0.4) is 0 Å². The Morgan fingerprint density at radius 1 is 1.30 bits per heavy atom. The minimum absolute atomic E-state index is 0.483. The Morgan fingerprint density at radius 2 is 2.04 bits per heavy atom. The van der Waals surface area contributed by atoms with E-state index >= 15 is 0 Å². The van der Waals surface area contributed by atoms with Gasteiger partial charge in [0.1, 0.15) is 17.5 Å². The van der Waals surface area contributed by atoms with Crippen LogP contribution in [0, 0.1) is 0 Å². The van der Waals surface area contributed by atoms with E-state index in [0.29, 0.717) is 33.8 Å². The maximum absolute atomic E-state index is 10.5. The van der Waals surface area contributed by atoms with Crippen LogP contribution in [0.1, 0.15) is 29.2 Å². The third-order valence-electron chi connectivity index (χ3n) is 3.34. The number of aromatic amines is 1. The largest absolute Gasteiger partial charge is 0.439 e. The molecule has 2 aromatic heterocycles. The third-order valence-corrected chi connectivity index (χ3v) is 4.70. The van der Waals surface area contributed by atoms with E-state index < -0.39 is 6.10 Å². The molecule has 0 aliphatic carbocycles. The second-order valence-corrected chi connectivity index (χ2v) is 6.75. The maximum atomic E-state index is 10.5. The molecule has 0 aliphatic heterocycles. The number of thiophene rings is 1. The molecule has 2 N–H and O–H groups in total. The molecule has 0 bridgehead atoms. The Balaban J connectivity index is 1.92. The van der Waals surface area contributed by atoms with Crippen LogP contribution >= 0.6 is 34.5 Å². The number of H-pyrrole nitrogens is 1. The zero-order chi connectivity index (χ0) is 16.4. The molecular weight excluding hydrogens is 355 g/mol. The first-order chi connectivity index (χ1) is 11.1. The van der Waals surface area contributed by atoms with Crippen molar-refractivity contribution in [3.05, 3.63) is 61.9 Å². The van der Waals surface area contributed by atoms with Crippen LogP contribution in [0.2, 0.25) is 10.0 Å². The first-order valence-electron chi connectivity index (χ1n) is 7.01. The number of aliphatic hydroxyl groups is 1. The van der Waals surface area contributed by atoms with E-state index in [1.54, 1.807) is 18.2 Å². The summed E-state index contributed by atoms with van der Waals surface area (Å²) in [5.41, 5.74) is 1.39. The Hall–Kier alpha value is -1.53. The molecule has 3 rings (SSSR count). The lowest BCUT2D eigenvalue weighted by Crippen LogP contribution is -2.01. The van der Waals surface area contributed by atoms with Crippen molar-refractivity contribution in [2.75, 3.05) is 0 Å². The summed E-state index contributed by atoms with van der Waals surface area (Å²) in [5, 5.41) is 20.5. The van der Waals surface area contributed by atoms with E-state index in [1.165, 1.54) is 11.3 Å². The summed E-state index contributed by atoms with van der Waals surface area (Å²) in [6.45, 7) is 1.98. The second-order valence-electron chi connectivity index (χ2n) is 4.90. The molecular formula is C16H14Cl2N2O2S. The zero-order valence-corrected chi connectivity index (χ0v) is 14.5. The predicted molar refractivity (Wildman–Crippen MR) is 92.9 cm³/mol. The predicted octanol–water partition coefficient (Wildman–Crippen LogP) is 5.21. The molecule has 23 heavy (non-hydrogen) atoms. The molecule has 1 aromatic carbocycles. The van der Waals surface area contributed by atoms with E-state index in [9.17, 15) is 5.11 Å². The standard InChI is InChI=1S/C16H14Cl2N2O2S/c1-2-12-14(15(21)13-4-3-5-23-13)19-20-16(12)22-11-7-9(17)6-10(18)8-11/h3-8,15,21H,2H2,1H3,(H,19,20). The van der Waals surface area contributed by atoms with Crippen molar-refractivity contribution in [3.8, 4) is 11.6 Å². The fourth-order valence-corrected chi connectivity index (χ4v) is 3.52. The lowest BCUT2D eigenvalue weighted by atomic mass is 10.1. The van der Waals surface area contributed by atoms with Gasteiger partial charge in [-0.25, -0.2) is 5.10 Å². The van der Waals surface area contributed by atoms with Gasteiger partial charge in [-0.2, -0.15) is 5.10 Å². The normalized spacial score (nSPS) is 12.3. The molecule has 0 aliphatic rings. The molecule has 0 fully saturated rings. The Morgan fingerprint density at radius 3 is 2.65 bits per heavy atom. The number of nitrogens with one attached hydrogen (secondary N) is 1. The average molecular weight is 369 g/mol. The minimum atomic E-state index is -0.776. The minimum Gasteiger partial charge on any atom is -0.439 e. The highest BCUT2D eigenvalue weighted by molar-refractivity contribution is 7.10. The molecule has 0 saturated heterocycles. The fourth-order valence-electron chi connectivity index (χ4n) is 2.30. The van der Waals surface area contributed by atoms with Gasteiger partial charge in [-0.3, -0.25) is 0 Å². The summed E-state index contributed by atoms with van der Waals surface area (Å²) >= 11 is 13.5. The van der Waals surface area contributed by atoms with Gasteiger partial charge in [-0.15, -0.1) is 11.3 Å². The molecule has 7 heteroatoms. The molecule has 0 saturated carbocycles. The zero-order valence-electron chi connectivity index (χ0n) is 12.2. The van der Waals surface area contributed by atoms with Crippen LogP contribution in [0.5, 0.6) is 11.6 Å².